The Labute approximate surface area is 156 Å². The molecule has 1 aliphatic rings. The molecule has 1 fully saturated rings. The van der Waals surface area contributed by atoms with E-state index in [0.29, 0.717) is 24.9 Å². The lowest BCUT2D eigenvalue weighted by molar-refractivity contribution is -0.122. The van der Waals surface area contributed by atoms with Gasteiger partial charge in [-0.05, 0) is 30.9 Å². The van der Waals surface area contributed by atoms with Gasteiger partial charge in [0.05, 0.1) is 6.54 Å². The van der Waals surface area contributed by atoms with Gasteiger partial charge in [-0.2, -0.15) is 0 Å². The van der Waals surface area contributed by atoms with Crippen LogP contribution in [0.2, 0.25) is 0 Å². The predicted octanol–water partition coefficient (Wildman–Crippen LogP) is 3.00. The van der Waals surface area contributed by atoms with Crippen molar-refractivity contribution in [2.75, 3.05) is 26.2 Å². The molecule has 0 spiro atoms. The molecular formula is C21H30N4O. The van der Waals surface area contributed by atoms with Crippen molar-refractivity contribution in [1.82, 2.24) is 19.8 Å². The van der Waals surface area contributed by atoms with Crippen molar-refractivity contribution in [3.8, 4) is 0 Å². The average molecular weight is 354 g/mol. The van der Waals surface area contributed by atoms with E-state index in [4.69, 9.17) is 0 Å². The molecule has 1 aromatic heterocycles. The molecule has 1 aromatic carbocycles. The molecule has 1 amide bonds. The largest absolute Gasteiger partial charge is 0.355 e. The fourth-order valence-corrected chi connectivity index (χ4v) is 3.72. The van der Waals surface area contributed by atoms with Crippen LogP contribution in [-0.4, -0.2) is 46.5 Å². The minimum absolute atomic E-state index is 0.133. The number of benzene rings is 1. The van der Waals surface area contributed by atoms with Crippen molar-refractivity contribution in [3.05, 3.63) is 54.1 Å². The smallest absolute Gasteiger partial charge is 0.234 e. The molecule has 0 saturated carbocycles. The summed E-state index contributed by atoms with van der Waals surface area (Å²) in [6.07, 6.45) is 5.93. The number of aromatic nitrogens is 2. The first-order valence-corrected chi connectivity index (χ1v) is 9.68. The number of amides is 1. The van der Waals surface area contributed by atoms with Crippen molar-refractivity contribution in [2.45, 2.75) is 45.1 Å². The molecule has 26 heavy (non-hydrogen) atoms. The summed E-state index contributed by atoms with van der Waals surface area (Å²) >= 11 is 0. The summed E-state index contributed by atoms with van der Waals surface area (Å²) in [6.45, 7) is 8.40. The molecule has 2 heterocycles. The number of likely N-dealkylation sites (tertiary alicyclic amines) is 1. The Morgan fingerprint density at radius 1 is 1.31 bits per heavy atom. The summed E-state index contributed by atoms with van der Waals surface area (Å²) in [5, 5.41) is 3.06. The Morgan fingerprint density at radius 3 is 2.88 bits per heavy atom. The fourth-order valence-electron chi connectivity index (χ4n) is 3.72. The van der Waals surface area contributed by atoms with Crippen LogP contribution in [0.5, 0.6) is 0 Å². The van der Waals surface area contributed by atoms with Crippen LogP contribution in [0.1, 0.15) is 49.9 Å². The number of imidazole rings is 1. The van der Waals surface area contributed by atoms with Gasteiger partial charge in [-0.1, -0.05) is 44.2 Å². The lowest BCUT2D eigenvalue weighted by Gasteiger charge is -2.16. The maximum atomic E-state index is 12.2. The maximum Gasteiger partial charge on any atom is 0.234 e. The Balaban J connectivity index is 1.35. The minimum Gasteiger partial charge on any atom is -0.355 e. The van der Waals surface area contributed by atoms with Gasteiger partial charge >= 0.3 is 0 Å². The van der Waals surface area contributed by atoms with Crippen molar-refractivity contribution in [1.29, 1.82) is 0 Å². The van der Waals surface area contributed by atoms with E-state index in [-0.39, 0.29) is 5.91 Å². The summed E-state index contributed by atoms with van der Waals surface area (Å²) in [4.78, 5) is 18.9. The van der Waals surface area contributed by atoms with Crippen LogP contribution in [0.4, 0.5) is 0 Å². The van der Waals surface area contributed by atoms with Gasteiger partial charge in [-0.3, -0.25) is 9.69 Å². The Kier molecular flexibility index (Phi) is 6.45. The van der Waals surface area contributed by atoms with Crippen LogP contribution in [0, 0.1) is 0 Å². The van der Waals surface area contributed by atoms with Crippen molar-refractivity contribution < 1.29 is 4.79 Å². The number of carbonyl (C=O) groups excluding carboxylic acids is 1. The molecule has 5 nitrogen and oxygen atoms in total. The molecule has 1 saturated heterocycles. The second kappa shape index (κ2) is 8.99. The van der Waals surface area contributed by atoms with Crippen LogP contribution in [0.15, 0.2) is 42.7 Å². The first-order valence-electron chi connectivity index (χ1n) is 9.68. The molecule has 0 radical (unpaired) electrons. The zero-order valence-corrected chi connectivity index (χ0v) is 15.9. The van der Waals surface area contributed by atoms with Gasteiger partial charge in [-0.25, -0.2) is 4.98 Å². The topological polar surface area (TPSA) is 50.2 Å². The van der Waals surface area contributed by atoms with Crippen LogP contribution < -0.4 is 5.32 Å². The van der Waals surface area contributed by atoms with Gasteiger partial charge in [-0.15, -0.1) is 0 Å². The van der Waals surface area contributed by atoms with Gasteiger partial charge in [0.2, 0.25) is 5.91 Å². The number of hydrogen-bond donors (Lipinski definition) is 1. The van der Waals surface area contributed by atoms with Gasteiger partial charge < -0.3 is 9.88 Å². The third-order valence-corrected chi connectivity index (χ3v) is 5.07. The number of nitrogens with zero attached hydrogens (tertiary/aromatic N) is 3. The number of carbonyl (C=O) groups is 1. The zero-order valence-electron chi connectivity index (χ0n) is 15.9. The standard InChI is InChI=1S/C21H30N4O/c1-17(2)21-23-11-14-25(21)12-6-10-22-20(26)16-24-13-9-19(15-24)18-7-4-3-5-8-18/h3-5,7-8,11,14,17,19H,6,9-10,12-13,15-16H2,1-2H3,(H,22,26)/t19-/m1/s1. The second-order valence-electron chi connectivity index (χ2n) is 7.47. The number of hydrogen-bond acceptors (Lipinski definition) is 3. The third-order valence-electron chi connectivity index (χ3n) is 5.07. The van der Waals surface area contributed by atoms with E-state index in [1.165, 1.54) is 5.56 Å². The number of nitrogens with one attached hydrogen (secondary N) is 1. The Bertz CT molecular complexity index is 695. The zero-order chi connectivity index (χ0) is 18.4. The molecule has 0 aliphatic carbocycles. The van der Waals surface area contributed by atoms with E-state index in [0.717, 1.165) is 38.3 Å². The van der Waals surface area contributed by atoms with Crippen LogP contribution in [0.3, 0.4) is 0 Å². The molecule has 1 aliphatic heterocycles. The summed E-state index contributed by atoms with van der Waals surface area (Å²) in [5.41, 5.74) is 1.39. The molecule has 2 aromatic rings. The van der Waals surface area contributed by atoms with Crippen molar-refractivity contribution >= 4 is 5.91 Å². The molecule has 1 N–H and O–H groups in total. The van der Waals surface area contributed by atoms with Gasteiger partial charge in [0.1, 0.15) is 5.82 Å². The monoisotopic (exact) mass is 354 g/mol. The van der Waals surface area contributed by atoms with E-state index in [2.05, 4.69) is 63.9 Å². The normalized spacial score (nSPS) is 17.7. The lowest BCUT2D eigenvalue weighted by Crippen LogP contribution is -2.36. The van der Waals surface area contributed by atoms with Crippen molar-refractivity contribution in [3.63, 3.8) is 0 Å². The van der Waals surface area contributed by atoms with E-state index in [1.54, 1.807) is 0 Å². The average Bonchev–Trinajstić information content (AvgIpc) is 3.29. The molecule has 0 unspecified atom stereocenters. The highest BCUT2D eigenvalue weighted by Crippen LogP contribution is 2.26. The Hall–Kier alpha value is -2.14. The molecule has 0 bridgehead atoms. The first-order chi connectivity index (χ1) is 12.6. The van der Waals surface area contributed by atoms with Gasteiger partial charge in [0.15, 0.2) is 0 Å². The summed E-state index contributed by atoms with van der Waals surface area (Å²) < 4.78 is 2.18. The summed E-state index contributed by atoms with van der Waals surface area (Å²) in [7, 11) is 0. The number of aryl methyl sites for hydroxylation is 1. The van der Waals surface area contributed by atoms with E-state index < -0.39 is 0 Å². The highest BCUT2D eigenvalue weighted by molar-refractivity contribution is 5.78. The predicted molar refractivity (Wildman–Crippen MR) is 104 cm³/mol. The van der Waals surface area contributed by atoms with E-state index in [1.807, 2.05) is 12.4 Å². The highest BCUT2D eigenvalue weighted by Gasteiger charge is 2.24. The fraction of sp³-hybridized carbons (Fsp3) is 0.524. The SMILES string of the molecule is CC(C)c1nccn1CCCNC(=O)CN1CC[C@@H](c2ccccc2)C1. The number of rotatable bonds is 8. The van der Waals surface area contributed by atoms with Gasteiger partial charge in [0.25, 0.3) is 0 Å². The highest BCUT2D eigenvalue weighted by atomic mass is 16.2. The summed E-state index contributed by atoms with van der Waals surface area (Å²) in [6, 6.07) is 10.6. The maximum absolute atomic E-state index is 12.2. The van der Waals surface area contributed by atoms with Gasteiger partial charge in [0, 0.05) is 37.9 Å². The molecule has 1 atom stereocenters. The molecular weight excluding hydrogens is 324 g/mol. The molecule has 140 valence electrons. The summed E-state index contributed by atoms with van der Waals surface area (Å²) in [5.74, 6) is 2.22. The minimum atomic E-state index is 0.133. The van der Waals surface area contributed by atoms with Crippen LogP contribution in [0.25, 0.3) is 0 Å². The van der Waals surface area contributed by atoms with Crippen LogP contribution in [-0.2, 0) is 11.3 Å². The van der Waals surface area contributed by atoms with E-state index in [9.17, 15) is 4.79 Å². The second-order valence-corrected chi connectivity index (χ2v) is 7.47. The quantitative estimate of drug-likeness (QED) is 0.742. The third kappa shape index (κ3) is 4.94. The van der Waals surface area contributed by atoms with E-state index >= 15 is 0 Å². The first kappa shape index (κ1) is 18.6. The molecule has 3 rings (SSSR count). The Morgan fingerprint density at radius 2 is 2.12 bits per heavy atom. The van der Waals surface area contributed by atoms with Crippen molar-refractivity contribution in [2.24, 2.45) is 0 Å². The lowest BCUT2D eigenvalue weighted by atomic mass is 9.99. The molecule has 5 heteroatoms. The van der Waals surface area contributed by atoms with Crippen LogP contribution >= 0.6 is 0 Å².